The molecule has 13 heterocycles. The fourth-order valence-corrected chi connectivity index (χ4v) is 17.7. The Morgan fingerprint density at radius 2 is 0.813 bits per heavy atom. The summed E-state index contributed by atoms with van der Waals surface area (Å²) < 4.78 is 47.3. The Morgan fingerprint density at radius 1 is 0.433 bits per heavy atom. The number of anilines is 1. The third-order valence-electron chi connectivity index (χ3n) is 23.8. The quantitative estimate of drug-likeness (QED) is 0.0283. The fourth-order valence-electron chi connectivity index (χ4n) is 16.6. The van der Waals surface area contributed by atoms with Crippen molar-refractivity contribution in [1.29, 1.82) is 0 Å². The summed E-state index contributed by atoms with van der Waals surface area (Å²) in [6.45, 7) is 6.68. The van der Waals surface area contributed by atoms with Crippen molar-refractivity contribution in [3.63, 3.8) is 0 Å². The highest BCUT2D eigenvalue weighted by atomic mass is 35.5. The van der Waals surface area contributed by atoms with E-state index in [-0.39, 0.29) is 94.6 Å². The van der Waals surface area contributed by atoms with Crippen LogP contribution in [0, 0.1) is 5.92 Å². The summed E-state index contributed by atoms with van der Waals surface area (Å²) in [5.74, 6) is 0.554. The third kappa shape index (κ3) is 22.5. The molecule has 5 aliphatic rings. The maximum atomic E-state index is 10.4. The lowest BCUT2D eigenvalue weighted by Crippen LogP contribution is -2.53. The van der Waals surface area contributed by atoms with Gasteiger partial charge in [0.25, 0.3) is 24.0 Å². The molecule has 0 bridgehead atoms. The summed E-state index contributed by atoms with van der Waals surface area (Å²) in [4.78, 5) is 50.7. The number of halogens is 4. The second-order valence-electron chi connectivity index (χ2n) is 34.1. The van der Waals surface area contributed by atoms with Crippen molar-refractivity contribution in [2.75, 3.05) is 64.2 Å². The van der Waals surface area contributed by atoms with Gasteiger partial charge >= 0.3 is 0 Å². The summed E-state index contributed by atoms with van der Waals surface area (Å²) >= 11 is 26.1. The third-order valence-corrected chi connectivity index (χ3v) is 25.0. The van der Waals surface area contributed by atoms with E-state index in [0.717, 1.165) is 75.3 Å². The minimum Gasteiger partial charge on any atom is -0.488 e. The number of nitrogens with one attached hydrogen (secondary N) is 4. The molecule has 0 amide bonds. The molecule has 1 unspecified atom stereocenters. The molecule has 134 heavy (non-hydrogen) atoms. The van der Waals surface area contributed by atoms with Crippen LogP contribution in [0.5, 0.6) is 29.8 Å². The molecule has 1 aliphatic carbocycles. The van der Waals surface area contributed by atoms with Gasteiger partial charge in [-0.15, -0.1) is 5.10 Å². The van der Waals surface area contributed by atoms with Gasteiger partial charge in [-0.3, -0.25) is 0 Å². The highest BCUT2D eigenvalue weighted by Crippen LogP contribution is 2.40. The van der Waals surface area contributed by atoms with Crippen LogP contribution in [0.15, 0.2) is 188 Å². The highest BCUT2D eigenvalue weighted by Gasteiger charge is 2.41. The van der Waals surface area contributed by atoms with E-state index >= 15 is 0 Å². The Balaban J connectivity index is 0.000000125. The average Bonchev–Trinajstić information content (AvgIpc) is 1.66. The van der Waals surface area contributed by atoms with E-state index in [0.29, 0.717) is 138 Å². The molecule has 5 fully saturated rings. The first kappa shape index (κ1) is 94.2. The minimum atomic E-state index is -1.14. The predicted molar refractivity (Wildman–Crippen MR) is 503 cm³/mol. The number of nitrogens with zero attached hydrogens (tertiary/aromatic N) is 12. The lowest BCUT2D eigenvalue weighted by atomic mass is 9.85. The van der Waals surface area contributed by atoms with Crippen LogP contribution in [0.4, 0.5) is 5.69 Å². The molecule has 1 saturated carbocycles. The van der Waals surface area contributed by atoms with E-state index in [1.165, 1.54) is 0 Å². The molecular weight excluding hydrogens is 1810 g/mol. The standard InChI is InChI=1S/C26H23ClN6O4.C26H26ClN3O4.C22H25ClN4O5.C22H26ClN3O5/c27-20-12-21-25(31-26(29-21)37-19-11-22(35)23(13-34)36-14-19)30-24(20)17-3-1-15(2-4-17)16-5-7-18(8-6-16)33-10-9-28-32-33;1-26(2,32)23-21(31)12-18(14-33-23)34-25-28-20-13-19(27)22(29-24(20)30-25)17-10-8-16(9-11-17)15-6-4-3-5-7-15;23-16-8-17-21(26-22(24-17)32-15-7-18(30)19(10-28)31-11-15)25-20(16)12-1-3-13(4-2-12)27-6-5-14(29)9-27;1-12(10-27)30-15-5-2-13(3-6-15)20-17(23)9-18-21(25-20)26-22(24-18)31-16-7-4-14(11-28)19(29)8-16/h1-10,12,19,22-23,34-35H,11,13-14H2,(H,29,30,31);3-11,13,18,21,23,31-32H,12,14H2,1-2H3,(H,28,29,30);1-4,8,14-15,18-19,28-30H,5-7,9-11H2,(H,24,25,26);2-3,5-6,9,12,14,16,19,27-29H,4,7-8,10-11H2,1H3,(H,24,25,26)/t19-,22+,23-;18-,21+,23+;14-,15-,18+,19-;12?,14-,16+,19+/m1111/s1. The van der Waals surface area contributed by atoms with Gasteiger partial charge in [-0.1, -0.05) is 155 Å². The maximum Gasteiger partial charge on any atom is 0.296 e. The molecule has 4 saturated heterocycles. The molecule has 6 aromatic carbocycles. The Kier molecular flexibility index (Phi) is 29.6. The number of ether oxygens (including phenoxy) is 8. The summed E-state index contributed by atoms with van der Waals surface area (Å²) in [6, 6.07) is 57.7. The van der Waals surface area contributed by atoms with Gasteiger partial charge in [0.2, 0.25) is 0 Å². The number of aromatic nitrogens is 15. The molecule has 14 N–H and O–H groups in total. The van der Waals surface area contributed by atoms with Crippen molar-refractivity contribution in [2.45, 2.75) is 151 Å². The summed E-state index contributed by atoms with van der Waals surface area (Å²) in [5, 5.41) is 107. The summed E-state index contributed by atoms with van der Waals surface area (Å²) in [6.07, 6.45) is 0.286. The number of aromatic amines is 4. The van der Waals surface area contributed by atoms with Crippen molar-refractivity contribution < 1.29 is 89.0 Å². The van der Waals surface area contributed by atoms with E-state index < -0.39 is 60.5 Å². The maximum absolute atomic E-state index is 10.4. The van der Waals surface area contributed by atoms with Crippen LogP contribution in [0.1, 0.15) is 65.7 Å². The molecule has 4 aliphatic heterocycles. The lowest BCUT2D eigenvalue weighted by Gasteiger charge is -2.38. The van der Waals surface area contributed by atoms with Gasteiger partial charge in [-0.25, -0.2) is 24.6 Å². The molecule has 0 radical (unpaired) electrons. The van der Waals surface area contributed by atoms with Crippen LogP contribution in [0.3, 0.4) is 0 Å². The van der Waals surface area contributed by atoms with Gasteiger partial charge in [0, 0.05) is 79.2 Å². The molecule has 9 aromatic heterocycles. The van der Waals surface area contributed by atoms with Gasteiger partial charge in [0.1, 0.15) is 54.6 Å². The van der Waals surface area contributed by atoms with Gasteiger partial charge in [-0.2, -0.15) is 19.9 Å². The molecule has 14 atom stereocenters. The first-order valence-electron chi connectivity index (χ1n) is 44.0. The number of pyridine rings is 4. The molecule has 38 heteroatoms. The van der Waals surface area contributed by atoms with E-state index in [4.69, 9.17) is 89.4 Å². The predicted octanol–water partition coefficient (Wildman–Crippen LogP) is 12.7. The average molecular weight is 1910 g/mol. The van der Waals surface area contributed by atoms with Crippen LogP contribution in [-0.2, 0) is 14.2 Å². The molecule has 20 rings (SSSR count). The normalized spacial score (nSPS) is 22.2. The van der Waals surface area contributed by atoms with Crippen molar-refractivity contribution in [3.8, 4) is 103 Å². The largest absolute Gasteiger partial charge is 0.488 e. The van der Waals surface area contributed by atoms with E-state index in [1.54, 1.807) is 74.2 Å². The van der Waals surface area contributed by atoms with Gasteiger partial charge < -0.3 is 114 Å². The number of aliphatic hydroxyl groups excluding tert-OH is 9. The van der Waals surface area contributed by atoms with Crippen LogP contribution in [-0.4, -0.2) is 270 Å². The van der Waals surface area contributed by atoms with Crippen LogP contribution >= 0.6 is 46.4 Å². The van der Waals surface area contributed by atoms with E-state index in [9.17, 15) is 46.0 Å². The van der Waals surface area contributed by atoms with Gasteiger partial charge in [0.05, 0.1) is 159 Å². The van der Waals surface area contributed by atoms with Crippen molar-refractivity contribution in [2.24, 2.45) is 5.92 Å². The first-order chi connectivity index (χ1) is 64.8. The minimum absolute atomic E-state index is 0.0166. The van der Waals surface area contributed by atoms with Crippen LogP contribution in [0.2, 0.25) is 20.1 Å². The zero-order chi connectivity index (χ0) is 93.4. The first-order valence-corrected chi connectivity index (χ1v) is 45.5. The summed E-state index contributed by atoms with van der Waals surface area (Å²) in [5.41, 5.74) is 15.6. The number of hydrogen-bond donors (Lipinski definition) is 14. The molecule has 0 spiro atoms. The van der Waals surface area contributed by atoms with Crippen LogP contribution < -0.4 is 28.6 Å². The second-order valence-corrected chi connectivity index (χ2v) is 35.8. The number of β-amino-alcohol motifs (C(OH)–C–C–N with tert-alkyl or cyclic N) is 1. The van der Waals surface area contributed by atoms with Crippen molar-refractivity contribution >= 4 is 96.7 Å². The summed E-state index contributed by atoms with van der Waals surface area (Å²) in [7, 11) is 0. The highest BCUT2D eigenvalue weighted by molar-refractivity contribution is 6.35. The zero-order valence-corrected chi connectivity index (χ0v) is 75.9. The number of aliphatic hydroxyl groups is 10. The Morgan fingerprint density at radius 3 is 1.19 bits per heavy atom. The van der Waals surface area contributed by atoms with Gasteiger partial charge in [-0.05, 0) is 135 Å². The lowest BCUT2D eigenvalue weighted by molar-refractivity contribution is -0.183. The Bertz CT molecular complexity index is 6450. The number of fused-ring (bicyclic) bond motifs is 4. The Labute approximate surface area is 787 Å². The van der Waals surface area contributed by atoms with Crippen molar-refractivity contribution in [3.05, 3.63) is 208 Å². The number of hydrogen-bond acceptors (Lipinski definition) is 29. The van der Waals surface area contributed by atoms with E-state index in [1.807, 2.05) is 127 Å². The molecular formula is C96H100Cl4N16O18. The number of benzene rings is 6. The van der Waals surface area contributed by atoms with E-state index in [2.05, 4.69) is 87.2 Å². The molecule has 700 valence electrons. The number of rotatable bonds is 23. The molecule has 34 nitrogen and oxygen atoms in total. The topological polar surface area (TPSA) is 476 Å². The van der Waals surface area contributed by atoms with Crippen molar-refractivity contribution in [1.82, 2.24) is 74.8 Å². The SMILES string of the molecule is CC(C)(O)[C@H]1OC[C@H](Oc2nc3nc(-c4ccc(-c5ccccc5)cc4)c(Cl)cc3[nH]2)C[C@@H]1O.CC(CO)Oc1ccc(-c2nc3nc(O[C@H]4CC[C@H](CO)[C@@H](O)C4)[nH]c3cc2Cl)cc1.OC[C@H]1OC[C@H](Oc2nc3nc(-c4ccc(-c5ccc(-n6ccnn6)cc5)cc4)c(Cl)cc3[nH]2)C[C@@H]1O.OC[C@H]1OC[C@H](Oc2nc3nc(-c4ccc(N5CC[C@@H](O)C5)cc4)c(Cl)cc3[nH]2)C[C@@H]1O. The Hall–Kier alpha value is -11.6. The molecule has 15 aromatic rings. The monoisotopic (exact) mass is 1900 g/mol. The fraction of sp³-hybridized carbons (Fsp3) is 0.354. The van der Waals surface area contributed by atoms with Gasteiger partial charge in [0.15, 0.2) is 22.6 Å². The zero-order valence-electron chi connectivity index (χ0n) is 72.9. The number of H-pyrrole nitrogens is 4. The second kappa shape index (κ2) is 42.1. The smallest absolute Gasteiger partial charge is 0.296 e. The number of imidazole rings is 4. The van der Waals surface area contributed by atoms with Crippen LogP contribution in [0.25, 0.3) is 118 Å².